The molecule has 1 fully saturated rings. The molecule has 2 rings (SSSR count). The third kappa shape index (κ3) is 5.23. The first-order valence-corrected chi connectivity index (χ1v) is 8.82. The maximum Gasteiger partial charge on any atom is 0.290 e. The Morgan fingerprint density at radius 3 is 2.52 bits per heavy atom. The van der Waals surface area contributed by atoms with Gasteiger partial charge in [0.2, 0.25) is 0 Å². The third-order valence-electron chi connectivity index (χ3n) is 4.62. The molecule has 5 nitrogen and oxygen atoms in total. The molecule has 1 aromatic rings. The number of para-hydroxylation sites is 1. The van der Waals surface area contributed by atoms with Crippen LogP contribution in [-0.2, 0) is 15.0 Å². The number of piperidine rings is 1. The molecule has 0 aliphatic carbocycles. The minimum Gasteiger partial charge on any atom is -0.493 e. The number of amides is 1. The number of hydrogen-bond donors (Lipinski definition) is 1. The van der Waals surface area contributed by atoms with E-state index in [1.165, 1.54) is 12.7 Å². The van der Waals surface area contributed by atoms with E-state index < -0.39 is 0 Å². The molecule has 5 heteroatoms. The molecular formula is C20H30N2O3. The van der Waals surface area contributed by atoms with E-state index in [-0.39, 0.29) is 11.3 Å². The van der Waals surface area contributed by atoms with Crippen LogP contribution >= 0.6 is 0 Å². The Morgan fingerprint density at radius 2 is 1.92 bits per heavy atom. The standard InChI is InChI=1S/C20H30N2O3/c1-15(19(23)21-24-5)22-12-10-16(11-13-22)14-25-18-9-7-6-8-17(18)20(2,3)4/h6-9,16H,1,10-14H2,2-5H3,(H,21,23). The first-order chi connectivity index (χ1) is 11.8. The smallest absolute Gasteiger partial charge is 0.290 e. The molecule has 0 saturated carbocycles. The van der Waals surface area contributed by atoms with Gasteiger partial charge in [-0.25, -0.2) is 5.48 Å². The summed E-state index contributed by atoms with van der Waals surface area (Å²) in [4.78, 5) is 18.4. The molecule has 1 heterocycles. The predicted molar refractivity (Wildman–Crippen MR) is 99.2 cm³/mol. The zero-order valence-electron chi connectivity index (χ0n) is 15.8. The predicted octanol–water partition coefficient (Wildman–Crippen LogP) is 3.27. The van der Waals surface area contributed by atoms with Gasteiger partial charge in [0.15, 0.2) is 0 Å². The highest BCUT2D eigenvalue weighted by Gasteiger charge is 2.24. The topological polar surface area (TPSA) is 50.8 Å². The van der Waals surface area contributed by atoms with Crippen LogP contribution in [-0.4, -0.2) is 37.6 Å². The molecule has 1 N–H and O–H groups in total. The van der Waals surface area contributed by atoms with Gasteiger partial charge in [0, 0.05) is 13.1 Å². The summed E-state index contributed by atoms with van der Waals surface area (Å²) in [6, 6.07) is 8.26. The van der Waals surface area contributed by atoms with E-state index in [1.807, 2.05) is 17.0 Å². The lowest BCUT2D eigenvalue weighted by Gasteiger charge is -2.34. The highest BCUT2D eigenvalue weighted by atomic mass is 16.6. The zero-order valence-corrected chi connectivity index (χ0v) is 15.8. The van der Waals surface area contributed by atoms with Gasteiger partial charge in [0.1, 0.15) is 5.75 Å². The van der Waals surface area contributed by atoms with Crippen molar-refractivity contribution in [1.29, 1.82) is 0 Å². The van der Waals surface area contributed by atoms with Crippen molar-refractivity contribution in [2.45, 2.75) is 39.0 Å². The van der Waals surface area contributed by atoms with E-state index in [4.69, 9.17) is 4.74 Å². The van der Waals surface area contributed by atoms with Gasteiger partial charge in [-0.1, -0.05) is 45.5 Å². The summed E-state index contributed by atoms with van der Waals surface area (Å²) in [6.07, 6.45) is 1.97. The molecule has 1 saturated heterocycles. The van der Waals surface area contributed by atoms with Crippen molar-refractivity contribution >= 4 is 5.91 Å². The van der Waals surface area contributed by atoms with Gasteiger partial charge < -0.3 is 9.64 Å². The fourth-order valence-corrected chi connectivity index (χ4v) is 3.08. The van der Waals surface area contributed by atoms with Crippen molar-refractivity contribution in [3.8, 4) is 5.75 Å². The number of nitrogens with zero attached hydrogens (tertiary/aromatic N) is 1. The second-order valence-electron chi connectivity index (χ2n) is 7.57. The number of carbonyl (C=O) groups is 1. The van der Waals surface area contributed by atoms with Gasteiger partial charge in [0.25, 0.3) is 5.91 Å². The Bertz CT molecular complexity index is 599. The molecule has 0 unspecified atom stereocenters. The Kier molecular flexibility index (Phi) is 6.48. The fourth-order valence-electron chi connectivity index (χ4n) is 3.08. The number of carbonyl (C=O) groups excluding carboxylic acids is 1. The summed E-state index contributed by atoms with van der Waals surface area (Å²) < 4.78 is 6.14. The first kappa shape index (κ1) is 19.3. The quantitative estimate of drug-likeness (QED) is 0.634. The molecular weight excluding hydrogens is 316 g/mol. The summed E-state index contributed by atoms with van der Waals surface area (Å²) in [6.45, 7) is 12.8. The first-order valence-electron chi connectivity index (χ1n) is 8.82. The van der Waals surface area contributed by atoms with Crippen LogP contribution in [0.1, 0.15) is 39.2 Å². The molecule has 0 radical (unpaired) electrons. The van der Waals surface area contributed by atoms with Gasteiger partial charge in [-0.05, 0) is 35.8 Å². The molecule has 1 aliphatic rings. The van der Waals surface area contributed by atoms with Gasteiger partial charge in [-0.2, -0.15) is 0 Å². The maximum atomic E-state index is 11.8. The summed E-state index contributed by atoms with van der Waals surface area (Å²) in [5.41, 5.74) is 4.07. The lowest BCUT2D eigenvalue weighted by Crippen LogP contribution is -2.40. The Morgan fingerprint density at radius 1 is 1.28 bits per heavy atom. The van der Waals surface area contributed by atoms with Crippen molar-refractivity contribution in [3.63, 3.8) is 0 Å². The summed E-state index contributed by atoms with van der Waals surface area (Å²) in [7, 11) is 1.42. The van der Waals surface area contributed by atoms with E-state index in [0.29, 0.717) is 18.2 Å². The Balaban J connectivity index is 1.86. The van der Waals surface area contributed by atoms with Gasteiger partial charge in [-0.15, -0.1) is 0 Å². The normalized spacial score (nSPS) is 15.8. The average Bonchev–Trinajstić information content (AvgIpc) is 2.59. The number of hydroxylamine groups is 1. The molecule has 138 valence electrons. The van der Waals surface area contributed by atoms with Crippen LogP contribution in [0.2, 0.25) is 0 Å². The number of benzene rings is 1. The van der Waals surface area contributed by atoms with E-state index in [1.54, 1.807) is 0 Å². The van der Waals surface area contributed by atoms with E-state index in [2.05, 4.69) is 49.8 Å². The number of nitrogens with one attached hydrogen (secondary N) is 1. The molecule has 0 aromatic heterocycles. The van der Waals surface area contributed by atoms with Crippen LogP contribution in [0.5, 0.6) is 5.75 Å². The Labute approximate surface area is 150 Å². The third-order valence-corrected chi connectivity index (χ3v) is 4.62. The lowest BCUT2D eigenvalue weighted by molar-refractivity contribution is -0.129. The molecule has 1 aromatic carbocycles. The second-order valence-corrected chi connectivity index (χ2v) is 7.57. The Hall–Kier alpha value is -2.01. The second kappa shape index (κ2) is 8.39. The van der Waals surface area contributed by atoms with Gasteiger partial charge in [0.05, 0.1) is 19.4 Å². The molecule has 1 aliphatic heterocycles. The summed E-state index contributed by atoms with van der Waals surface area (Å²) in [5, 5.41) is 0. The van der Waals surface area contributed by atoms with Crippen LogP contribution in [0.25, 0.3) is 0 Å². The number of hydrogen-bond acceptors (Lipinski definition) is 4. The summed E-state index contributed by atoms with van der Waals surface area (Å²) >= 11 is 0. The number of rotatable bonds is 6. The minimum atomic E-state index is -0.281. The van der Waals surface area contributed by atoms with Crippen molar-refractivity contribution < 1.29 is 14.4 Å². The number of ether oxygens (including phenoxy) is 1. The van der Waals surface area contributed by atoms with E-state index in [9.17, 15) is 4.79 Å². The maximum absolute atomic E-state index is 11.8. The van der Waals surface area contributed by atoms with E-state index >= 15 is 0 Å². The largest absolute Gasteiger partial charge is 0.493 e. The highest BCUT2D eigenvalue weighted by Crippen LogP contribution is 2.31. The molecule has 25 heavy (non-hydrogen) atoms. The van der Waals surface area contributed by atoms with Crippen LogP contribution in [0.4, 0.5) is 0 Å². The fraction of sp³-hybridized carbons (Fsp3) is 0.550. The molecule has 0 spiro atoms. The van der Waals surface area contributed by atoms with Crippen molar-refractivity contribution in [2.24, 2.45) is 5.92 Å². The summed E-state index contributed by atoms with van der Waals surface area (Å²) in [5.74, 6) is 1.18. The highest BCUT2D eigenvalue weighted by molar-refractivity contribution is 5.91. The van der Waals surface area contributed by atoms with Crippen LogP contribution in [0.15, 0.2) is 36.5 Å². The van der Waals surface area contributed by atoms with Crippen molar-refractivity contribution in [1.82, 2.24) is 10.4 Å². The molecule has 1 amide bonds. The van der Waals surface area contributed by atoms with Gasteiger partial charge in [-0.3, -0.25) is 9.63 Å². The lowest BCUT2D eigenvalue weighted by atomic mass is 9.86. The van der Waals surface area contributed by atoms with Gasteiger partial charge >= 0.3 is 0 Å². The van der Waals surface area contributed by atoms with E-state index in [0.717, 1.165) is 31.7 Å². The van der Waals surface area contributed by atoms with Crippen LogP contribution in [0, 0.1) is 5.92 Å². The number of likely N-dealkylation sites (tertiary alicyclic amines) is 1. The SMILES string of the molecule is C=C(C(=O)NOC)N1CCC(COc2ccccc2C(C)(C)C)CC1. The zero-order chi connectivity index (χ0) is 18.4. The van der Waals surface area contributed by atoms with Crippen LogP contribution in [0.3, 0.4) is 0 Å². The van der Waals surface area contributed by atoms with Crippen LogP contribution < -0.4 is 10.2 Å². The minimum absolute atomic E-state index is 0.0619. The average molecular weight is 346 g/mol. The molecule has 0 bridgehead atoms. The molecule has 0 atom stereocenters. The van der Waals surface area contributed by atoms with Crippen molar-refractivity contribution in [2.75, 3.05) is 26.8 Å². The monoisotopic (exact) mass is 346 g/mol. The van der Waals surface area contributed by atoms with Crippen molar-refractivity contribution in [3.05, 3.63) is 42.1 Å².